The number of aliphatic hydroxyl groups excluding tert-OH is 1. The van der Waals surface area contributed by atoms with Crippen molar-refractivity contribution in [3.8, 4) is 11.5 Å². The van der Waals surface area contributed by atoms with Crippen molar-refractivity contribution in [1.29, 1.82) is 0 Å². The minimum absolute atomic E-state index is 0.0107. The molecule has 1 aliphatic rings. The molecule has 0 radical (unpaired) electrons. The quantitative estimate of drug-likeness (QED) is 0.0483. The maximum absolute atomic E-state index is 12.5. The summed E-state index contributed by atoms with van der Waals surface area (Å²) in [7, 11) is 4.52. The zero-order chi connectivity index (χ0) is 41.1. The van der Waals surface area contributed by atoms with Crippen LogP contribution in [0.25, 0.3) is 11.2 Å². The van der Waals surface area contributed by atoms with E-state index in [0.717, 1.165) is 34.0 Å². The topological polar surface area (TPSA) is 138 Å². The third-order valence-corrected chi connectivity index (χ3v) is 17.5. The van der Waals surface area contributed by atoms with E-state index in [1.165, 1.54) is 6.33 Å². The Labute approximate surface area is 337 Å². The van der Waals surface area contributed by atoms with Gasteiger partial charge in [0.05, 0.1) is 20.8 Å². The second-order valence-corrected chi connectivity index (χ2v) is 21.1. The fraction of sp³-hybridized carbons (Fsp3) is 0.465. The van der Waals surface area contributed by atoms with Crippen LogP contribution in [0.1, 0.15) is 71.4 Å². The second kappa shape index (κ2) is 17.4. The maximum atomic E-state index is 12.5. The lowest BCUT2D eigenvalue weighted by molar-refractivity contribution is -0.0967. The predicted molar refractivity (Wildman–Crippen MR) is 224 cm³/mol. The van der Waals surface area contributed by atoms with Crippen molar-refractivity contribution in [3.63, 3.8) is 0 Å². The van der Waals surface area contributed by atoms with Gasteiger partial charge in [0.1, 0.15) is 47.6 Å². The summed E-state index contributed by atoms with van der Waals surface area (Å²) >= 11 is 0. The number of methoxy groups -OCH3 is 2. The highest BCUT2D eigenvalue weighted by Gasteiger charge is 2.55. The standard InChI is InChI=1S/C43H57N7O6Si/c1-27(2)57(28(3)4,29(5)6)56-39-38(51)36(55-42(39)50-41-37(47-48-50)40(44-26-45-41)46-30(7)49(8)9)25-54-43(31-15-13-12-14-16-31,32-17-21-34(52-10)22-18-32)33-19-23-35(53-11)24-20-33/h12-24,26-29,36,38-39,42,51H,25H2,1-11H3/b46-30+/t36-,38-,39-,42-/m1/s1. The fourth-order valence-electron chi connectivity index (χ4n) is 8.36. The average Bonchev–Trinajstić information content (AvgIpc) is 3.78. The zero-order valence-corrected chi connectivity index (χ0v) is 36.0. The summed E-state index contributed by atoms with van der Waals surface area (Å²) in [6.07, 6.45) is -2.21. The molecule has 1 N–H and O–H groups in total. The Morgan fingerprint density at radius 3 is 1.89 bits per heavy atom. The molecule has 6 rings (SSSR count). The lowest BCUT2D eigenvalue weighted by Gasteiger charge is -2.45. The summed E-state index contributed by atoms with van der Waals surface area (Å²) in [6, 6.07) is 25.7. The van der Waals surface area contributed by atoms with Gasteiger partial charge in [0.15, 0.2) is 23.2 Å². The number of benzene rings is 3. The lowest BCUT2D eigenvalue weighted by atomic mass is 9.80. The van der Waals surface area contributed by atoms with Crippen LogP contribution in [-0.2, 0) is 19.5 Å². The molecule has 0 spiro atoms. The minimum Gasteiger partial charge on any atom is -0.497 e. The molecule has 5 aromatic rings. The van der Waals surface area contributed by atoms with Crippen LogP contribution >= 0.6 is 0 Å². The molecular formula is C43H57N7O6Si. The lowest BCUT2D eigenvalue weighted by Crippen LogP contribution is -2.53. The highest BCUT2D eigenvalue weighted by Crippen LogP contribution is 2.48. The molecule has 3 heterocycles. The molecular weight excluding hydrogens is 739 g/mol. The highest BCUT2D eigenvalue weighted by molar-refractivity contribution is 6.77. The average molecular weight is 796 g/mol. The summed E-state index contributed by atoms with van der Waals surface area (Å²) in [5, 5.41) is 21.6. The maximum Gasteiger partial charge on any atom is 0.201 e. The highest BCUT2D eigenvalue weighted by atomic mass is 28.4. The molecule has 0 saturated carbocycles. The molecule has 2 aromatic heterocycles. The molecule has 1 saturated heterocycles. The van der Waals surface area contributed by atoms with Crippen LogP contribution in [0, 0.1) is 0 Å². The first kappa shape index (κ1) is 41.9. The van der Waals surface area contributed by atoms with E-state index in [-0.39, 0.29) is 23.2 Å². The molecule has 0 bridgehead atoms. The second-order valence-electron chi connectivity index (χ2n) is 15.7. The van der Waals surface area contributed by atoms with Crippen molar-refractivity contribution in [2.45, 2.75) is 95.2 Å². The Bertz CT molecular complexity index is 2040. The molecule has 0 amide bonds. The van der Waals surface area contributed by atoms with Gasteiger partial charge in [0.25, 0.3) is 0 Å². The summed E-state index contributed by atoms with van der Waals surface area (Å²) in [5.74, 6) is 2.56. The van der Waals surface area contributed by atoms with Gasteiger partial charge in [-0.3, -0.25) is 0 Å². The molecule has 13 nitrogen and oxygen atoms in total. The molecule has 0 unspecified atom stereocenters. The van der Waals surface area contributed by atoms with Gasteiger partial charge >= 0.3 is 0 Å². The van der Waals surface area contributed by atoms with E-state index in [4.69, 9.17) is 28.4 Å². The third-order valence-electron chi connectivity index (χ3n) is 11.4. The van der Waals surface area contributed by atoms with E-state index in [0.29, 0.717) is 17.0 Å². The molecule has 1 fully saturated rings. The minimum atomic E-state index is -2.59. The molecule has 304 valence electrons. The first-order valence-electron chi connectivity index (χ1n) is 19.6. The number of aliphatic hydroxyl groups is 1. The summed E-state index contributed by atoms with van der Waals surface area (Å²) in [5.41, 5.74) is 3.03. The van der Waals surface area contributed by atoms with Crippen LogP contribution in [0.4, 0.5) is 5.82 Å². The molecule has 1 aliphatic heterocycles. The van der Waals surface area contributed by atoms with Gasteiger partial charge in [-0.15, -0.1) is 5.10 Å². The Balaban J connectivity index is 1.47. The van der Waals surface area contributed by atoms with E-state index in [2.05, 4.69) is 61.8 Å². The number of hydrogen-bond donors (Lipinski definition) is 1. The zero-order valence-electron chi connectivity index (χ0n) is 35.0. The van der Waals surface area contributed by atoms with Crippen molar-refractivity contribution >= 4 is 31.1 Å². The normalized spacial score (nSPS) is 19.2. The monoisotopic (exact) mass is 795 g/mol. The van der Waals surface area contributed by atoms with Crippen molar-refractivity contribution in [2.24, 2.45) is 4.99 Å². The molecule has 3 aromatic carbocycles. The van der Waals surface area contributed by atoms with Gasteiger partial charge in [-0.25, -0.2) is 15.0 Å². The van der Waals surface area contributed by atoms with Crippen molar-refractivity contribution < 1.29 is 28.5 Å². The van der Waals surface area contributed by atoms with Crippen LogP contribution in [0.5, 0.6) is 11.5 Å². The molecule has 4 atom stereocenters. The molecule has 0 aliphatic carbocycles. The number of nitrogens with zero attached hydrogens (tertiary/aromatic N) is 7. The van der Waals surface area contributed by atoms with Crippen LogP contribution in [0.15, 0.2) is 90.2 Å². The summed E-state index contributed by atoms with van der Waals surface area (Å²) in [4.78, 5) is 15.6. The Morgan fingerprint density at radius 2 is 1.39 bits per heavy atom. The summed E-state index contributed by atoms with van der Waals surface area (Å²) in [6.45, 7) is 15.2. The SMILES string of the molecule is COc1ccc(C(OC[C@H]2O[C@@H](n3nnc4c(/N=C(\C)N(C)C)ncnc43)[C@H](O[Si](C(C)C)(C(C)C)C(C)C)[C@@H]2O)(c2ccccc2)c2ccc(OC)cc2)cc1. The Kier molecular flexibility index (Phi) is 12.8. The van der Waals surface area contributed by atoms with E-state index in [1.54, 1.807) is 18.9 Å². The Hall–Kier alpha value is -4.73. The Morgan fingerprint density at radius 1 is 0.842 bits per heavy atom. The van der Waals surface area contributed by atoms with Crippen molar-refractivity contribution in [3.05, 3.63) is 102 Å². The smallest absolute Gasteiger partial charge is 0.201 e. The van der Waals surface area contributed by atoms with Crippen LogP contribution in [0.2, 0.25) is 16.6 Å². The predicted octanol–water partition coefficient (Wildman–Crippen LogP) is 7.68. The number of hydrogen-bond acceptors (Lipinski definition) is 11. The van der Waals surface area contributed by atoms with E-state index < -0.39 is 38.5 Å². The summed E-state index contributed by atoms with van der Waals surface area (Å²) < 4.78 is 34.2. The van der Waals surface area contributed by atoms with Crippen molar-refractivity contribution in [2.75, 3.05) is 34.9 Å². The van der Waals surface area contributed by atoms with E-state index in [9.17, 15) is 5.11 Å². The number of amidine groups is 1. The third kappa shape index (κ3) is 7.93. The molecule has 57 heavy (non-hydrogen) atoms. The van der Waals surface area contributed by atoms with Gasteiger partial charge < -0.3 is 33.4 Å². The number of aliphatic imine (C=N–C) groups is 1. The largest absolute Gasteiger partial charge is 0.497 e. The van der Waals surface area contributed by atoms with Gasteiger partial charge in [0, 0.05) is 14.1 Å². The van der Waals surface area contributed by atoms with Crippen LogP contribution < -0.4 is 9.47 Å². The van der Waals surface area contributed by atoms with Gasteiger partial charge in [-0.1, -0.05) is 101 Å². The molecule has 14 heteroatoms. The van der Waals surface area contributed by atoms with E-state index in [1.807, 2.05) is 105 Å². The van der Waals surface area contributed by atoms with Gasteiger partial charge in [-0.2, -0.15) is 4.68 Å². The van der Waals surface area contributed by atoms with Crippen LogP contribution in [-0.4, -0.2) is 102 Å². The number of ether oxygens (including phenoxy) is 4. The van der Waals surface area contributed by atoms with Gasteiger partial charge in [0.2, 0.25) is 8.32 Å². The number of rotatable bonds is 15. The first-order chi connectivity index (χ1) is 27.3. The number of aromatic nitrogens is 5. The van der Waals surface area contributed by atoms with Crippen LogP contribution in [0.3, 0.4) is 0 Å². The van der Waals surface area contributed by atoms with E-state index >= 15 is 0 Å². The number of fused-ring (bicyclic) bond motifs is 1. The van der Waals surface area contributed by atoms with Gasteiger partial charge in [-0.05, 0) is 64.5 Å². The fourth-order valence-corrected chi connectivity index (χ4v) is 13.9. The first-order valence-corrected chi connectivity index (χ1v) is 21.7. The van der Waals surface area contributed by atoms with Crippen molar-refractivity contribution in [1.82, 2.24) is 29.9 Å².